The molecule has 0 saturated carbocycles. The molecule has 3 aromatic heterocycles. The fraction of sp³-hybridized carbons (Fsp3) is 0.316. The summed E-state index contributed by atoms with van der Waals surface area (Å²) in [4.78, 5) is 29.5. The average Bonchev–Trinajstić information content (AvgIpc) is 3.45. The number of carbonyl (C=O) groups is 2. The van der Waals surface area contributed by atoms with Crippen molar-refractivity contribution in [1.29, 1.82) is 0 Å². The van der Waals surface area contributed by atoms with E-state index in [1.807, 2.05) is 0 Å². The molecule has 140 valence electrons. The first-order valence-electron chi connectivity index (χ1n) is 8.90. The molecule has 0 radical (unpaired) electrons. The number of imidazole rings is 1. The van der Waals surface area contributed by atoms with Crippen LogP contribution in [-0.2, 0) is 11.3 Å². The number of aromatic nitrogens is 2. The molecule has 1 aliphatic rings. The van der Waals surface area contributed by atoms with Crippen LogP contribution in [0.15, 0.2) is 47.2 Å². The smallest absolute Gasteiger partial charge is 0.288 e. The Morgan fingerprint density at radius 3 is 2.89 bits per heavy atom. The third kappa shape index (κ3) is 3.70. The maximum Gasteiger partial charge on any atom is 0.288 e. The summed E-state index contributed by atoms with van der Waals surface area (Å²) in [5.41, 5.74) is 0.794. The first-order chi connectivity index (χ1) is 13.2. The van der Waals surface area contributed by atoms with Gasteiger partial charge in [-0.05, 0) is 37.1 Å². The van der Waals surface area contributed by atoms with E-state index in [0.717, 1.165) is 19.4 Å². The van der Waals surface area contributed by atoms with E-state index in [9.17, 15) is 9.59 Å². The highest BCUT2D eigenvalue weighted by atomic mass is 16.5. The van der Waals surface area contributed by atoms with Crippen LogP contribution in [0.3, 0.4) is 0 Å². The van der Waals surface area contributed by atoms with Crippen molar-refractivity contribution < 1.29 is 18.7 Å². The Kier molecular flexibility index (Phi) is 4.88. The Morgan fingerprint density at radius 1 is 1.19 bits per heavy atom. The molecule has 2 N–H and O–H groups in total. The maximum absolute atomic E-state index is 12.6. The monoisotopic (exact) mass is 368 g/mol. The van der Waals surface area contributed by atoms with E-state index in [1.165, 1.54) is 0 Å². The molecule has 27 heavy (non-hydrogen) atoms. The van der Waals surface area contributed by atoms with Gasteiger partial charge in [-0.15, -0.1) is 0 Å². The van der Waals surface area contributed by atoms with Gasteiger partial charge in [0.25, 0.3) is 11.8 Å². The molecule has 3 aromatic rings. The van der Waals surface area contributed by atoms with Gasteiger partial charge in [-0.1, -0.05) is 6.07 Å². The Bertz CT molecular complexity index is 942. The van der Waals surface area contributed by atoms with Crippen molar-refractivity contribution in [2.75, 3.05) is 13.2 Å². The maximum atomic E-state index is 12.6. The number of hydrogen-bond acceptors (Lipinski definition) is 5. The lowest BCUT2D eigenvalue weighted by Crippen LogP contribution is -2.32. The second kappa shape index (κ2) is 7.63. The number of nitrogens with one attached hydrogen (secondary N) is 2. The van der Waals surface area contributed by atoms with Crippen molar-refractivity contribution in [2.45, 2.75) is 25.5 Å². The number of ether oxygens (including phenoxy) is 1. The van der Waals surface area contributed by atoms with Crippen molar-refractivity contribution in [3.8, 4) is 0 Å². The normalized spacial score (nSPS) is 16.5. The SMILES string of the molecule is O=C(NCC1CCCO1)c1nc(C(=O)NCc2ccco2)n2ccccc12. The zero-order chi connectivity index (χ0) is 18.6. The van der Waals surface area contributed by atoms with E-state index in [4.69, 9.17) is 9.15 Å². The molecule has 4 heterocycles. The van der Waals surface area contributed by atoms with Crippen molar-refractivity contribution in [3.63, 3.8) is 0 Å². The zero-order valence-electron chi connectivity index (χ0n) is 14.7. The summed E-state index contributed by atoms with van der Waals surface area (Å²) < 4.78 is 12.3. The lowest BCUT2D eigenvalue weighted by molar-refractivity contribution is 0.0855. The molecule has 1 saturated heterocycles. The van der Waals surface area contributed by atoms with Gasteiger partial charge in [-0.3, -0.25) is 14.0 Å². The molecule has 0 aliphatic carbocycles. The minimum Gasteiger partial charge on any atom is -0.467 e. The predicted molar refractivity (Wildman–Crippen MR) is 96.4 cm³/mol. The van der Waals surface area contributed by atoms with E-state index in [1.54, 1.807) is 47.2 Å². The summed E-state index contributed by atoms with van der Waals surface area (Å²) >= 11 is 0. The fourth-order valence-corrected chi connectivity index (χ4v) is 3.12. The van der Waals surface area contributed by atoms with E-state index < -0.39 is 0 Å². The molecular weight excluding hydrogens is 348 g/mol. The number of amides is 2. The number of fused-ring (bicyclic) bond motifs is 1. The molecule has 0 spiro atoms. The van der Waals surface area contributed by atoms with Crippen LogP contribution in [0.2, 0.25) is 0 Å². The lowest BCUT2D eigenvalue weighted by atomic mass is 10.2. The topological polar surface area (TPSA) is 97.9 Å². The third-order valence-corrected chi connectivity index (χ3v) is 4.48. The minimum absolute atomic E-state index is 0.0406. The van der Waals surface area contributed by atoms with Gasteiger partial charge in [-0.25, -0.2) is 4.98 Å². The van der Waals surface area contributed by atoms with Gasteiger partial charge in [-0.2, -0.15) is 0 Å². The van der Waals surface area contributed by atoms with Crippen LogP contribution < -0.4 is 10.6 Å². The van der Waals surface area contributed by atoms with E-state index in [0.29, 0.717) is 17.8 Å². The number of carbonyl (C=O) groups excluding carboxylic acids is 2. The minimum atomic E-state index is -0.384. The number of rotatable bonds is 6. The summed E-state index contributed by atoms with van der Waals surface area (Å²) in [6.07, 6.45) is 5.24. The Labute approximate surface area is 155 Å². The number of nitrogens with zero attached hydrogens (tertiary/aromatic N) is 2. The highest BCUT2D eigenvalue weighted by Crippen LogP contribution is 2.15. The summed E-state index contributed by atoms with van der Waals surface area (Å²) in [6, 6.07) is 8.87. The van der Waals surface area contributed by atoms with Crippen LogP contribution in [0.4, 0.5) is 0 Å². The van der Waals surface area contributed by atoms with E-state index >= 15 is 0 Å². The van der Waals surface area contributed by atoms with Crippen LogP contribution >= 0.6 is 0 Å². The van der Waals surface area contributed by atoms with Gasteiger partial charge in [0.1, 0.15) is 5.76 Å². The van der Waals surface area contributed by atoms with Crippen molar-refractivity contribution >= 4 is 17.3 Å². The van der Waals surface area contributed by atoms with Crippen molar-refractivity contribution in [1.82, 2.24) is 20.0 Å². The molecule has 8 heteroatoms. The molecule has 1 aliphatic heterocycles. The number of hydrogen-bond donors (Lipinski definition) is 2. The molecular formula is C19H20N4O4. The Hall–Kier alpha value is -3.13. The first-order valence-corrected chi connectivity index (χ1v) is 8.90. The first kappa shape index (κ1) is 17.3. The van der Waals surface area contributed by atoms with Gasteiger partial charge in [0.05, 0.1) is 24.4 Å². The van der Waals surface area contributed by atoms with Gasteiger partial charge in [0, 0.05) is 19.3 Å². The van der Waals surface area contributed by atoms with Crippen molar-refractivity contribution in [3.05, 3.63) is 60.1 Å². The highest BCUT2D eigenvalue weighted by Gasteiger charge is 2.23. The van der Waals surface area contributed by atoms with E-state index in [2.05, 4.69) is 15.6 Å². The summed E-state index contributed by atoms with van der Waals surface area (Å²) in [5.74, 6) is 0.0863. The molecule has 2 amide bonds. The van der Waals surface area contributed by atoms with Crippen LogP contribution in [0.1, 0.15) is 39.7 Å². The standard InChI is InChI=1S/C19H20N4O4/c24-18(20-11-13-5-3-9-26-13)16-15-7-1-2-8-23(15)17(22-16)19(25)21-12-14-6-4-10-27-14/h1-2,4,6-8,10,13H,3,5,9,11-12H2,(H,20,24)(H,21,25). The highest BCUT2D eigenvalue weighted by molar-refractivity contribution is 6.02. The number of furan rings is 1. The molecule has 1 fully saturated rings. The van der Waals surface area contributed by atoms with Gasteiger partial charge in [0.2, 0.25) is 5.82 Å². The van der Waals surface area contributed by atoms with Gasteiger partial charge < -0.3 is 19.8 Å². The summed E-state index contributed by atoms with van der Waals surface area (Å²) in [7, 11) is 0. The zero-order valence-corrected chi connectivity index (χ0v) is 14.7. The van der Waals surface area contributed by atoms with Crippen LogP contribution in [0, 0.1) is 0 Å². The molecule has 1 unspecified atom stereocenters. The van der Waals surface area contributed by atoms with Crippen LogP contribution in [0.5, 0.6) is 0 Å². The lowest BCUT2D eigenvalue weighted by Gasteiger charge is -2.09. The van der Waals surface area contributed by atoms with Gasteiger partial charge >= 0.3 is 0 Å². The third-order valence-electron chi connectivity index (χ3n) is 4.48. The van der Waals surface area contributed by atoms with E-state index in [-0.39, 0.29) is 36.0 Å². The largest absolute Gasteiger partial charge is 0.467 e. The Balaban J connectivity index is 1.52. The molecule has 0 bridgehead atoms. The Morgan fingerprint density at radius 2 is 2.11 bits per heavy atom. The van der Waals surface area contributed by atoms with Crippen molar-refractivity contribution in [2.24, 2.45) is 0 Å². The molecule has 0 aromatic carbocycles. The summed E-state index contributed by atoms with van der Waals surface area (Å²) in [6.45, 7) is 1.41. The quantitative estimate of drug-likeness (QED) is 0.691. The summed E-state index contributed by atoms with van der Waals surface area (Å²) in [5, 5.41) is 5.61. The van der Waals surface area contributed by atoms with Gasteiger partial charge in [0.15, 0.2) is 5.69 Å². The molecule has 4 rings (SSSR count). The number of pyridine rings is 1. The predicted octanol–water partition coefficient (Wildman–Crippen LogP) is 1.77. The second-order valence-corrected chi connectivity index (χ2v) is 6.35. The average molecular weight is 368 g/mol. The molecule has 8 nitrogen and oxygen atoms in total. The second-order valence-electron chi connectivity index (χ2n) is 6.35. The van der Waals surface area contributed by atoms with Crippen LogP contribution in [0.25, 0.3) is 5.52 Å². The van der Waals surface area contributed by atoms with Crippen LogP contribution in [-0.4, -0.2) is 40.5 Å². The molecule has 1 atom stereocenters. The fourth-order valence-electron chi connectivity index (χ4n) is 3.12.